The van der Waals surface area contributed by atoms with E-state index in [1.165, 1.54) is 0 Å². The number of hydrogen-bond donors (Lipinski definition) is 1. The van der Waals surface area contributed by atoms with Gasteiger partial charge in [-0.2, -0.15) is 0 Å². The highest BCUT2D eigenvalue weighted by Gasteiger charge is 2.00. The highest BCUT2D eigenvalue weighted by Crippen LogP contribution is 2.00. The van der Waals surface area contributed by atoms with Gasteiger partial charge in [0.2, 0.25) is 0 Å². The molecule has 0 saturated carbocycles. The number of rotatable bonds is 3. The Morgan fingerprint density at radius 2 is 2.50 bits per heavy atom. The van der Waals surface area contributed by atoms with Crippen molar-refractivity contribution in [3.05, 3.63) is 12.7 Å². The fourth-order valence-electron chi connectivity index (χ4n) is 0.359. The van der Waals surface area contributed by atoms with Crippen molar-refractivity contribution in [3.63, 3.8) is 0 Å². The van der Waals surface area contributed by atoms with Gasteiger partial charge in [0, 0.05) is 0 Å². The third kappa shape index (κ3) is 3.40. The molecule has 0 heterocycles. The first-order valence-electron chi connectivity index (χ1n) is 2.51. The molecular formula is C6H10O2. The molecule has 0 fully saturated rings. The van der Waals surface area contributed by atoms with Crippen molar-refractivity contribution >= 4 is 5.97 Å². The highest BCUT2D eigenvalue weighted by atomic mass is 16.4. The van der Waals surface area contributed by atoms with Crippen molar-refractivity contribution in [2.24, 2.45) is 5.92 Å². The summed E-state index contributed by atoms with van der Waals surface area (Å²) in [5.41, 5.74) is 0. The Labute approximate surface area is 48.8 Å². The first-order valence-corrected chi connectivity index (χ1v) is 2.51. The molecule has 0 radical (unpaired) electrons. The number of aliphatic carboxylic acids is 1. The summed E-state index contributed by atoms with van der Waals surface area (Å²) >= 11 is 0. The second-order valence-corrected chi connectivity index (χ2v) is 1.81. The van der Waals surface area contributed by atoms with E-state index in [4.69, 9.17) is 5.11 Å². The van der Waals surface area contributed by atoms with Crippen LogP contribution in [0.1, 0.15) is 13.3 Å². The van der Waals surface area contributed by atoms with Crippen LogP contribution in [0.25, 0.3) is 0 Å². The molecule has 0 rings (SSSR count). The van der Waals surface area contributed by atoms with Crippen molar-refractivity contribution in [2.75, 3.05) is 0 Å². The summed E-state index contributed by atoms with van der Waals surface area (Å²) in [6.07, 6.45) is 1.82. The third-order valence-corrected chi connectivity index (χ3v) is 0.899. The Bertz CT molecular complexity index is 96.7. The Kier molecular flexibility index (Phi) is 2.92. The Morgan fingerprint density at radius 3 is 2.62 bits per heavy atom. The average molecular weight is 114 g/mol. The van der Waals surface area contributed by atoms with Gasteiger partial charge in [0.25, 0.3) is 0 Å². The van der Waals surface area contributed by atoms with E-state index >= 15 is 0 Å². The summed E-state index contributed by atoms with van der Waals surface area (Å²) in [6, 6.07) is 0. The average Bonchev–Trinajstić information content (AvgIpc) is 1.65. The van der Waals surface area contributed by atoms with E-state index in [0.29, 0.717) is 0 Å². The molecule has 0 unspecified atom stereocenters. The van der Waals surface area contributed by atoms with Crippen LogP contribution in [0.5, 0.6) is 0 Å². The van der Waals surface area contributed by atoms with Crippen molar-refractivity contribution in [2.45, 2.75) is 13.3 Å². The molecule has 0 spiro atoms. The molecule has 0 aromatic rings. The monoisotopic (exact) mass is 114 g/mol. The van der Waals surface area contributed by atoms with Gasteiger partial charge in [0.15, 0.2) is 0 Å². The van der Waals surface area contributed by atoms with Gasteiger partial charge in [-0.15, -0.1) is 6.58 Å². The molecule has 0 aromatic heterocycles. The van der Waals surface area contributed by atoms with Gasteiger partial charge in [-0.1, -0.05) is 13.0 Å². The summed E-state index contributed by atoms with van der Waals surface area (Å²) in [7, 11) is 0. The van der Waals surface area contributed by atoms with Crippen LogP contribution in [0.3, 0.4) is 0 Å². The smallest absolute Gasteiger partial charge is 0.303 e. The molecule has 46 valence electrons. The minimum atomic E-state index is -0.766. The van der Waals surface area contributed by atoms with E-state index < -0.39 is 5.97 Å². The lowest BCUT2D eigenvalue weighted by Crippen LogP contribution is -2.00. The second-order valence-electron chi connectivity index (χ2n) is 1.81. The van der Waals surface area contributed by atoms with Crippen molar-refractivity contribution in [1.82, 2.24) is 0 Å². The molecule has 0 aliphatic rings. The van der Waals surface area contributed by atoms with Crippen LogP contribution in [0.2, 0.25) is 0 Å². The maximum Gasteiger partial charge on any atom is 0.303 e. The fraction of sp³-hybridized carbons (Fsp3) is 0.500. The topological polar surface area (TPSA) is 37.3 Å². The molecule has 8 heavy (non-hydrogen) atoms. The van der Waals surface area contributed by atoms with Crippen LogP contribution in [0, 0.1) is 5.92 Å². The quantitative estimate of drug-likeness (QED) is 0.561. The van der Waals surface area contributed by atoms with Gasteiger partial charge >= 0.3 is 5.97 Å². The molecule has 0 saturated heterocycles. The predicted molar refractivity (Wildman–Crippen MR) is 31.6 cm³/mol. The Morgan fingerprint density at radius 1 is 2.00 bits per heavy atom. The maximum atomic E-state index is 9.92. The Balaban J connectivity index is 3.38. The molecule has 2 nitrogen and oxygen atoms in total. The molecule has 0 aliphatic heterocycles. The molecule has 1 atom stereocenters. The van der Waals surface area contributed by atoms with E-state index in [1.807, 2.05) is 6.92 Å². The zero-order valence-electron chi connectivity index (χ0n) is 4.92. The third-order valence-electron chi connectivity index (χ3n) is 0.899. The zero-order chi connectivity index (χ0) is 6.57. The first-order chi connectivity index (χ1) is 3.66. The summed E-state index contributed by atoms with van der Waals surface area (Å²) in [5, 5.41) is 8.17. The van der Waals surface area contributed by atoms with Crippen LogP contribution in [-0.4, -0.2) is 11.1 Å². The van der Waals surface area contributed by atoms with Crippen LogP contribution in [0.4, 0.5) is 0 Å². The lowest BCUT2D eigenvalue weighted by Gasteiger charge is -1.96. The normalized spacial score (nSPS) is 12.6. The zero-order valence-corrected chi connectivity index (χ0v) is 4.92. The molecular weight excluding hydrogens is 104 g/mol. The van der Waals surface area contributed by atoms with E-state index in [0.717, 1.165) is 0 Å². The summed E-state index contributed by atoms with van der Waals surface area (Å²) in [4.78, 5) is 9.92. The summed E-state index contributed by atoms with van der Waals surface area (Å²) < 4.78 is 0. The number of hydrogen-bond acceptors (Lipinski definition) is 1. The summed E-state index contributed by atoms with van der Waals surface area (Å²) in [6.45, 7) is 5.27. The molecule has 0 aromatic carbocycles. The fourth-order valence-corrected chi connectivity index (χ4v) is 0.359. The van der Waals surface area contributed by atoms with Gasteiger partial charge in [-0.25, -0.2) is 0 Å². The summed E-state index contributed by atoms with van der Waals surface area (Å²) in [5.74, 6) is -0.676. The minimum Gasteiger partial charge on any atom is -0.481 e. The first kappa shape index (κ1) is 7.21. The highest BCUT2D eigenvalue weighted by molar-refractivity contribution is 5.67. The lowest BCUT2D eigenvalue weighted by atomic mass is 10.1. The number of carbonyl (C=O) groups is 1. The number of carboxylic acids is 1. The van der Waals surface area contributed by atoms with Crippen LogP contribution < -0.4 is 0 Å². The second kappa shape index (κ2) is 3.24. The van der Waals surface area contributed by atoms with Gasteiger partial charge in [0.05, 0.1) is 6.42 Å². The van der Waals surface area contributed by atoms with Crippen LogP contribution >= 0.6 is 0 Å². The van der Waals surface area contributed by atoms with E-state index in [-0.39, 0.29) is 12.3 Å². The molecule has 0 aliphatic carbocycles. The van der Waals surface area contributed by atoms with Crippen molar-refractivity contribution in [1.29, 1.82) is 0 Å². The minimum absolute atomic E-state index is 0.0903. The van der Waals surface area contributed by atoms with E-state index in [2.05, 4.69) is 6.58 Å². The molecule has 2 heteroatoms. The molecule has 0 amide bonds. The molecule has 0 bridgehead atoms. The van der Waals surface area contributed by atoms with Gasteiger partial charge in [-0.05, 0) is 5.92 Å². The SMILES string of the molecule is C=C[C@@H](C)CC(=O)O. The number of carboxylic acid groups (broad SMARTS) is 1. The van der Waals surface area contributed by atoms with E-state index in [1.54, 1.807) is 6.08 Å². The lowest BCUT2D eigenvalue weighted by molar-refractivity contribution is -0.137. The van der Waals surface area contributed by atoms with E-state index in [9.17, 15) is 4.79 Å². The molecule has 1 N–H and O–H groups in total. The largest absolute Gasteiger partial charge is 0.481 e. The standard InChI is InChI=1S/C6H10O2/c1-3-5(2)4-6(7)8/h3,5H,1,4H2,2H3,(H,7,8)/t5-/m1/s1. The predicted octanol–water partition coefficient (Wildman–Crippen LogP) is 1.28. The maximum absolute atomic E-state index is 9.92. The van der Waals surface area contributed by atoms with Crippen LogP contribution in [0.15, 0.2) is 12.7 Å². The Hall–Kier alpha value is -0.790. The van der Waals surface area contributed by atoms with Crippen molar-refractivity contribution in [3.8, 4) is 0 Å². The van der Waals surface area contributed by atoms with Gasteiger partial charge in [0.1, 0.15) is 0 Å². The van der Waals surface area contributed by atoms with Gasteiger partial charge in [-0.3, -0.25) is 4.79 Å². The van der Waals surface area contributed by atoms with Crippen LogP contribution in [-0.2, 0) is 4.79 Å². The number of allylic oxidation sites excluding steroid dienone is 1. The van der Waals surface area contributed by atoms with Gasteiger partial charge < -0.3 is 5.11 Å². The van der Waals surface area contributed by atoms with Crippen molar-refractivity contribution < 1.29 is 9.90 Å².